The fourth-order valence-electron chi connectivity index (χ4n) is 2.69. The Morgan fingerprint density at radius 3 is 2.45 bits per heavy atom. The Hall–Kier alpha value is -0.800. The molecule has 3 heteroatoms. The van der Waals surface area contributed by atoms with Crippen LogP contribution in [0.1, 0.15) is 44.2 Å². The van der Waals surface area contributed by atoms with Gasteiger partial charge in [0.15, 0.2) is 6.79 Å². The molecule has 0 aromatic heterocycles. The molecule has 0 fully saturated rings. The van der Waals surface area contributed by atoms with Crippen molar-refractivity contribution < 1.29 is 9.47 Å². The van der Waals surface area contributed by atoms with Crippen molar-refractivity contribution in [3.05, 3.63) is 40.4 Å². The van der Waals surface area contributed by atoms with Gasteiger partial charge in [0.25, 0.3) is 0 Å². The van der Waals surface area contributed by atoms with Crippen LogP contribution < -0.4 is 4.74 Å². The molecule has 0 aliphatic heterocycles. The third-order valence-electron chi connectivity index (χ3n) is 3.97. The lowest BCUT2D eigenvalue weighted by atomic mass is 9.72. The largest absolute Gasteiger partial charge is 0.466 e. The SMILES string of the molecule is C=CCC(CC)(CC)c1cc(C)cc(Br)c1OCOC. The standard InChI is InChI=1S/C17H25BrO2/c1-6-9-17(7-2,8-3)14-10-13(4)11-15(18)16(14)20-12-19-5/h6,10-11H,1,7-9,12H2,2-5H3. The second-order valence-corrected chi connectivity index (χ2v) is 6.01. The second-order valence-electron chi connectivity index (χ2n) is 5.15. The van der Waals surface area contributed by atoms with E-state index in [4.69, 9.17) is 9.47 Å². The van der Waals surface area contributed by atoms with E-state index in [1.54, 1.807) is 7.11 Å². The number of benzene rings is 1. The zero-order chi connectivity index (χ0) is 15.2. The quantitative estimate of drug-likeness (QED) is 0.467. The van der Waals surface area contributed by atoms with E-state index in [-0.39, 0.29) is 12.2 Å². The van der Waals surface area contributed by atoms with Crippen LogP contribution in [0.5, 0.6) is 5.75 Å². The molecule has 1 aromatic rings. The maximum atomic E-state index is 5.82. The van der Waals surface area contributed by atoms with Crippen LogP contribution in [0, 0.1) is 6.92 Å². The fourth-order valence-corrected chi connectivity index (χ4v) is 3.38. The van der Waals surface area contributed by atoms with Gasteiger partial charge in [-0.05, 0) is 53.7 Å². The molecule has 0 spiro atoms. The number of ether oxygens (including phenoxy) is 2. The lowest BCUT2D eigenvalue weighted by Gasteiger charge is -2.33. The van der Waals surface area contributed by atoms with Gasteiger partial charge in [-0.1, -0.05) is 26.0 Å². The summed E-state index contributed by atoms with van der Waals surface area (Å²) >= 11 is 3.62. The van der Waals surface area contributed by atoms with Gasteiger partial charge in [0.1, 0.15) is 5.75 Å². The molecule has 0 amide bonds. The average Bonchev–Trinajstić information content (AvgIpc) is 2.43. The normalized spacial score (nSPS) is 11.4. The van der Waals surface area contributed by atoms with E-state index in [1.165, 1.54) is 11.1 Å². The number of methoxy groups -OCH3 is 1. The highest BCUT2D eigenvalue weighted by Crippen LogP contribution is 2.44. The molecule has 0 atom stereocenters. The summed E-state index contributed by atoms with van der Waals surface area (Å²) in [4.78, 5) is 0. The number of aryl methyl sites for hydroxylation is 1. The van der Waals surface area contributed by atoms with E-state index in [1.807, 2.05) is 6.08 Å². The summed E-state index contributed by atoms with van der Waals surface area (Å²) in [5.41, 5.74) is 2.54. The summed E-state index contributed by atoms with van der Waals surface area (Å²) in [6, 6.07) is 4.31. The van der Waals surface area contributed by atoms with E-state index < -0.39 is 0 Å². The van der Waals surface area contributed by atoms with Crippen LogP contribution in [0.2, 0.25) is 0 Å². The third-order valence-corrected chi connectivity index (χ3v) is 4.56. The summed E-state index contributed by atoms with van der Waals surface area (Å²) in [6.45, 7) is 10.7. The van der Waals surface area contributed by atoms with Gasteiger partial charge in [-0.2, -0.15) is 0 Å². The minimum absolute atomic E-state index is 0.0688. The number of halogens is 1. The van der Waals surface area contributed by atoms with E-state index in [2.05, 4.69) is 55.4 Å². The van der Waals surface area contributed by atoms with E-state index in [0.29, 0.717) is 0 Å². The lowest BCUT2D eigenvalue weighted by molar-refractivity contribution is 0.0487. The third kappa shape index (κ3) is 3.64. The smallest absolute Gasteiger partial charge is 0.188 e. The van der Waals surface area contributed by atoms with Gasteiger partial charge in [0.2, 0.25) is 0 Å². The van der Waals surface area contributed by atoms with Crippen molar-refractivity contribution in [2.45, 2.75) is 45.4 Å². The van der Waals surface area contributed by atoms with Crippen molar-refractivity contribution in [2.24, 2.45) is 0 Å². The van der Waals surface area contributed by atoms with E-state index in [0.717, 1.165) is 29.5 Å². The molecular formula is C17H25BrO2. The lowest BCUT2D eigenvalue weighted by Crippen LogP contribution is -2.25. The van der Waals surface area contributed by atoms with Crippen molar-refractivity contribution in [3.8, 4) is 5.75 Å². The highest BCUT2D eigenvalue weighted by atomic mass is 79.9. The minimum atomic E-state index is 0.0688. The molecule has 0 N–H and O–H groups in total. The molecular weight excluding hydrogens is 316 g/mol. The first-order valence-corrected chi connectivity index (χ1v) is 7.87. The molecule has 1 aromatic carbocycles. The Morgan fingerprint density at radius 2 is 1.95 bits per heavy atom. The molecule has 112 valence electrons. The van der Waals surface area contributed by atoms with Crippen LogP contribution in [-0.2, 0) is 10.2 Å². The van der Waals surface area contributed by atoms with Crippen LogP contribution in [0.15, 0.2) is 29.3 Å². The summed E-state index contributed by atoms with van der Waals surface area (Å²) < 4.78 is 11.9. The summed E-state index contributed by atoms with van der Waals surface area (Å²) in [7, 11) is 1.64. The predicted octanol–water partition coefficient (Wildman–Crippen LogP) is 5.37. The second kappa shape index (κ2) is 7.84. The van der Waals surface area contributed by atoms with Crippen LogP contribution in [-0.4, -0.2) is 13.9 Å². The van der Waals surface area contributed by atoms with Crippen molar-refractivity contribution in [1.29, 1.82) is 0 Å². The van der Waals surface area contributed by atoms with Gasteiger partial charge in [0, 0.05) is 18.1 Å². The van der Waals surface area contributed by atoms with Crippen LogP contribution in [0.3, 0.4) is 0 Å². The monoisotopic (exact) mass is 340 g/mol. The maximum Gasteiger partial charge on any atom is 0.188 e. The van der Waals surface area contributed by atoms with Crippen molar-refractivity contribution in [1.82, 2.24) is 0 Å². The Bertz CT molecular complexity index is 451. The van der Waals surface area contributed by atoms with Gasteiger partial charge in [-0.25, -0.2) is 0 Å². The summed E-state index contributed by atoms with van der Waals surface area (Å²) in [5, 5.41) is 0. The number of hydrogen-bond acceptors (Lipinski definition) is 2. The Morgan fingerprint density at radius 1 is 1.30 bits per heavy atom. The molecule has 0 heterocycles. The van der Waals surface area contributed by atoms with Crippen LogP contribution in [0.4, 0.5) is 0 Å². The van der Waals surface area contributed by atoms with Crippen LogP contribution >= 0.6 is 15.9 Å². The van der Waals surface area contributed by atoms with Crippen molar-refractivity contribution in [2.75, 3.05) is 13.9 Å². The predicted molar refractivity (Wildman–Crippen MR) is 88.5 cm³/mol. The first-order valence-electron chi connectivity index (χ1n) is 7.07. The zero-order valence-electron chi connectivity index (χ0n) is 13.0. The highest BCUT2D eigenvalue weighted by Gasteiger charge is 2.31. The first kappa shape index (κ1) is 17.3. The Balaban J connectivity index is 3.41. The average molecular weight is 341 g/mol. The fraction of sp³-hybridized carbons (Fsp3) is 0.529. The molecule has 0 radical (unpaired) electrons. The summed E-state index contributed by atoms with van der Waals surface area (Å²) in [5.74, 6) is 0.892. The molecule has 1 rings (SSSR count). The summed E-state index contributed by atoms with van der Waals surface area (Å²) in [6.07, 6.45) is 5.05. The first-order chi connectivity index (χ1) is 9.54. The van der Waals surface area contributed by atoms with Gasteiger partial charge in [0.05, 0.1) is 4.47 Å². The topological polar surface area (TPSA) is 18.5 Å². The van der Waals surface area contributed by atoms with Crippen LogP contribution in [0.25, 0.3) is 0 Å². The number of allylic oxidation sites excluding steroid dienone is 1. The zero-order valence-corrected chi connectivity index (χ0v) is 14.5. The maximum absolute atomic E-state index is 5.82. The van der Waals surface area contributed by atoms with Crippen molar-refractivity contribution >= 4 is 15.9 Å². The molecule has 0 saturated carbocycles. The van der Waals surface area contributed by atoms with Crippen molar-refractivity contribution in [3.63, 3.8) is 0 Å². The Labute approximate surface area is 131 Å². The highest BCUT2D eigenvalue weighted by molar-refractivity contribution is 9.10. The molecule has 0 saturated heterocycles. The molecule has 0 aliphatic carbocycles. The molecule has 2 nitrogen and oxygen atoms in total. The van der Waals surface area contributed by atoms with E-state index in [9.17, 15) is 0 Å². The molecule has 0 unspecified atom stereocenters. The van der Waals surface area contributed by atoms with Gasteiger partial charge < -0.3 is 9.47 Å². The Kier molecular flexibility index (Phi) is 6.77. The number of hydrogen-bond donors (Lipinski definition) is 0. The van der Waals surface area contributed by atoms with Gasteiger partial charge in [-0.3, -0.25) is 0 Å². The molecule has 20 heavy (non-hydrogen) atoms. The molecule has 0 aliphatic rings. The van der Waals surface area contributed by atoms with Gasteiger partial charge in [-0.15, -0.1) is 6.58 Å². The minimum Gasteiger partial charge on any atom is -0.466 e. The molecule has 0 bridgehead atoms. The van der Waals surface area contributed by atoms with E-state index >= 15 is 0 Å². The number of rotatable bonds is 8. The van der Waals surface area contributed by atoms with Gasteiger partial charge >= 0.3 is 0 Å².